The highest BCUT2D eigenvalue weighted by Crippen LogP contribution is 2.31. The third kappa shape index (κ3) is 3.40. The van der Waals surface area contributed by atoms with Crippen LogP contribution in [-0.4, -0.2) is 66.0 Å². The minimum Gasteiger partial charge on any atom is -0.468 e. The fourth-order valence-corrected chi connectivity index (χ4v) is 3.35. The predicted molar refractivity (Wildman–Crippen MR) is 98.4 cm³/mol. The van der Waals surface area contributed by atoms with Crippen molar-refractivity contribution in [2.45, 2.75) is 6.04 Å². The van der Waals surface area contributed by atoms with Gasteiger partial charge < -0.3 is 19.0 Å². The van der Waals surface area contributed by atoms with Gasteiger partial charge in [-0.05, 0) is 18.2 Å². The van der Waals surface area contributed by atoms with Gasteiger partial charge in [-0.3, -0.25) is 14.9 Å². The summed E-state index contributed by atoms with van der Waals surface area (Å²) >= 11 is 0. The van der Waals surface area contributed by atoms with Crippen molar-refractivity contribution in [3.05, 3.63) is 42.6 Å². The second kappa shape index (κ2) is 7.67. The Morgan fingerprint density at radius 2 is 1.89 bits per heavy atom. The molecule has 1 fully saturated rings. The molecule has 2 aliphatic heterocycles. The molecule has 4 heterocycles. The minimum absolute atomic E-state index is 0.431. The maximum absolute atomic E-state index is 12.6. The van der Waals surface area contributed by atoms with Gasteiger partial charge in [-0.15, -0.1) is 0 Å². The number of aromatic nitrogens is 2. The molecule has 10 nitrogen and oxygen atoms in total. The zero-order valence-electron chi connectivity index (χ0n) is 15.3. The number of nitrogens with zero attached hydrogens (tertiary/aromatic N) is 5. The van der Waals surface area contributed by atoms with E-state index < -0.39 is 23.8 Å². The number of anilines is 1. The van der Waals surface area contributed by atoms with E-state index in [0.29, 0.717) is 43.8 Å². The van der Waals surface area contributed by atoms with Crippen molar-refractivity contribution in [2.75, 3.05) is 38.2 Å². The molecule has 0 spiro atoms. The van der Waals surface area contributed by atoms with E-state index in [0.717, 1.165) is 0 Å². The Bertz CT molecular complexity index is 861. The van der Waals surface area contributed by atoms with Crippen LogP contribution in [0, 0.1) is 5.92 Å². The highest BCUT2D eigenvalue weighted by atomic mass is 16.5. The number of esters is 1. The molecule has 1 saturated heterocycles. The third-order valence-corrected chi connectivity index (χ3v) is 4.80. The largest absolute Gasteiger partial charge is 0.468 e. The second-order valence-corrected chi connectivity index (χ2v) is 6.43. The van der Waals surface area contributed by atoms with Crippen LogP contribution in [0.25, 0.3) is 0 Å². The lowest BCUT2D eigenvalue weighted by Crippen LogP contribution is -2.57. The lowest BCUT2D eigenvalue weighted by molar-refractivity contribution is -0.151. The number of furan rings is 1. The first-order valence-corrected chi connectivity index (χ1v) is 8.94. The van der Waals surface area contributed by atoms with Crippen LogP contribution in [0.5, 0.6) is 0 Å². The molecule has 0 bridgehead atoms. The van der Waals surface area contributed by atoms with Crippen LogP contribution in [0.2, 0.25) is 0 Å². The summed E-state index contributed by atoms with van der Waals surface area (Å²) in [5.41, 5.74) is 0. The van der Waals surface area contributed by atoms with E-state index in [4.69, 9.17) is 9.15 Å². The highest BCUT2D eigenvalue weighted by Gasteiger charge is 2.43. The predicted octanol–water partition coefficient (Wildman–Crippen LogP) is 0.208. The standard InChI is InChI=1S/C18H20N6O4/c1-27-16(26)13-14(12-4-2-11-28-12)21-18(22-15(13)25)24-9-7-23(8-10-24)17-19-5-3-6-20-17/h2-6,11,13-14H,7-10H2,1H3,(H,21,22,25)/t13-,14-/m0/s1. The molecule has 0 aromatic carbocycles. The van der Waals surface area contributed by atoms with Gasteiger partial charge in [-0.2, -0.15) is 0 Å². The smallest absolute Gasteiger partial charge is 0.320 e. The van der Waals surface area contributed by atoms with Crippen LogP contribution in [0.4, 0.5) is 5.95 Å². The average Bonchev–Trinajstić information content (AvgIpc) is 3.28. The van der Waals surface area contributed by atoms with E-state index in [1.54, 1.807) is 30.6 Å². The SMILES string of the molecule is COC(=O)[C@@H]1C(=O)NC(N2CCN(c3ncccn3)CC2)=N[C@H]1c1ccco1. The van der Waals surface area contributed by atoms with Crippen LogP contribution >= 0.6 is 0 Å². The Balaban J connectivity index is 1.53. The molecule has 0 aliphatic carbocycles. The summed E-state index contributed by atoms with van der Waals surface area (Å²) < 4.78 is 10.2. The molecule has 2 aromatic heterocycles. The van der Waals surface area contributed by atoms with Gasteiger partial charge in [-0.25, -0.2) is 15.0 Å². The van der Waals surface area contributed by atoms with Gasteiger partial charge >= 0.3 is 5.97 Å². The molecule has 10 heteroatoms. The first kappa shape index (κ1) is 18.0. The molecule has 146 valence electrons. The van der Waals surface area contributed by atoms with E-state index in [1.165, 1.54) is 13.4 Å². The first-order valence-electron chi connectivity index (χ1n) is 8.94. The first-order chi connectivity index (χ1) is 13.7. The summed E-state index contributed by atoms with van der Waals surface area (Å²) in [5, 5.41) is 2.74. The number of carbonyl (C=O) groups is 2. The number of hydrogen-bond donors (Lipinski definition) is 1. The summed E-state index contributed by atoms with van der Waals surface area (Å²) in [6.45, 7) is 2.63. The summed E-state index contributed by atoms with van der Waals surface area (Å²) in [4.78, 5) is 42.0. The molecule has 1 amide bonds. The average molecular weight is 384 g/mol. The van der Waals surface area contributed by atoms with Crippen molar-refractivity contribution in [1.29, 1.82) is 0 Å². The molecule has 4 rings (SSSR count). The van der Waals surface area contributed by atoms with Crippen molar-refractivity contribution in [1.82, 2.24) is 20.2 Å². The van der Waals surface area contributed by atoms with Crippen molar-refractivity contribution in [2.24, 2.45) is 10.9 Å². The van der Waals surface area contributed by atoms with Gasteiger partial charge in [-0.1, -0.05) is 0 Å². The van der Waals surface area contributed by atoms with Gasteiger partial charge in [0.1, 0.15) is 11.8 Å². The number of aliphatic imine (C=N–C) groups is 1. The molecule has 28 heavy (non-hydrogen) atoms. The minimum atomic E-state index is -1.08. The van der Waals surface area contributed by atoms with Crippen molar-refractivity contribution >= 4 is 23.8 Å². The Kier molecular flexibility index (Phi) is 4.92. The van der Waals surface area contributed by atoms with Crippen molar-refractivity contribution < 1.29 is 18.7 Å². The van der Waals surface area contributed by atoms with Crippen LogP contribution in [0.15, 0.2) is 46.3 Å². The van der Waals surface area contributed by atoms with Crippen molar-refractivity contribution in [3.8, 4) is 0 Å². The fraction of sp³-hybridized carbons (Fsp3) is 0.389. The zero-order chi connectivity index (χ0) is 19.5. The Hall–Kier alpha value is -3.43. The van der Waals surface area contributed by atoms with Crippen LogP contribution in [0.1, 0.15) is 11.8 Å². The number of methoxy groups -OCH3 is 1. The molecule has 0 radical (unpaired) electrons. The molecule has 0 saturated carbocycles. The maximum Gasteiger partial charge on any atom is 0.320 e. The second-order valence-electron chi connectivity index (χ2n) is 6.43. The van der Waals surface area contributed by atoms with Gasteiger partial charge in [0.25, 0.3) is 0 Å². The molecular weight excluding hydrogens is 364 g/mol. The number of carbonyl (C=O) groups excluding carboxylic acids is 2. The monoisotopic (exact) mass is 384 g/mol. The Labute approximate surface area is 161 Å². The van der Waals surface area contributed by atoms with Crippen LogP contribution in [0.3, 0.4) is 0 Å². The third-order valence-electron chi connectivity index (χ3n) is 4.80. The zero-order valence-corrected chi connectivity index (χ0v) is 15.3. The lowest BCUT2D eigenvalue weighted by Gasteiger charge is -2.38. The summed E-state index contributed by atoms with van der Waals surface area (Å²) in [5.74, 6) is -0.631. The fourth-order valence-electron chi connectivity index (χ4n) is 3.35. The number of guanidine groups is 1. The summed E-state index contributed by atoms with van der Waals surface area (Å²) in [6.07, 6.45) is 4.91. The molecule has 0 unspecified atom stereocenters. The Morgan fingerprint density at radius 3 is 2.54 bits per heavy atom. The van der Waals surface area contributed by atoms with Crippen LogP contribution in [-0.2, 0) is 14.3 Å². The molecular formula is C18H20N6O4. The van der Waals surface area contributed by atoms with Gasteiger partial charge in [0.15, 0.2) is 5.92 Å². The molecule has 1 N–H and O–H groups in total. The van der Waals surface area contributed by atoms with E-state index in [2.05, 4.69) is 25.2 Å². The quantitative estimate of drug-likeness (QED) is 0.590. The number of amides is 1. The lowest BCUT2D eigenvalue weighted by atomic mass is 9.95. The number of nitrogens with one attached hydrogen (secondary N) is 1. The van der Waals surface area contributed by atoms with Crippen LogP contribution < -0.4 is 10.2 Å². The molecule has 2 aliphatic rings. The number of hydrogen-bond acceptors (Lipinski definition) is 9. The number of rotatable bonds is 3. The van der Waals surface area contributed by atoms with E-state index >= 15 is 0 Å². The van der Waals surface area contributed by atoms with E-state index in [1.807, 2.05) is 4.90 Å². The summed E-state index contributed by atoms with van der Waals surface area (Å²) in [6, 6.07) is 4.41. The molecule has 2 aromatic rings. The number of ether oxygens (including phenoxy) is 1. The normalized spacial score (nSPS) is 22.5. The Morgan fingerprint density at radius 1 is 1.18 bits per heavy atom. The highest BCUT2D eigenvalue weighted by molar-refractivity contribution is 6.08. The van der Waals surface area contributed by atoms with E-state index in [9.17, 15) is 9.59 Å². The maximum atomic E-state index is 12.6. The van der Waals surface area contributed by atoms with Crippen molar-refractivity contribution in [3.63, 3.8) is 0 Å². The van der Waals surface area contributed by atoms with E-state index in [-0.39, 0.29) is 0 Å². The topological polar surface area (TPSA) is 113 Å². The van der Waals surface area contributed by atoms with Gasteiger partial charge in [0, 0.05) is 38.6 Å². The summed E-state index contributed by atoms with van der Waals surface area (Å²) in [7, 11) is 1.25. The number of piperazine rings is 1. The molecule has 2 atom stereocenters. The van der Waals surface area contributed by atoms with Gasteiger partial charge in [0.2, 0.25) is 17.8 Å². The van der Waals surface area contributed by atoms with Gasteiger partial charge in [0.05, 0.1) is 13.4 Å².